The topological polar surface area (TPSA) is 221 Å². The van der Waals surface area contributed by atoms with Crippen molar-refractivity contribution >= 4 is 29.6 Å². The van der Waals surface area contributed by atoms with Crippen molar-refractivity contribution in [1.82, 2.24) is 16.0 Å². The first kappa shape index (κ1) is 34.3. The second kappa shape index (κ2) is 17.8. The van der Waals surface area contributed by atoms with E-state index in [1.807, 2.05) is 91.0 Å². The number of guanidine groups is 1. The number of nitrogens with zero attached hydrogens (tertiary/aromatic N) is 1. The Kier molecular flexibility index (Phi) is 13.5. The van der Waals surface area contributed by atoms with E-state index in [9.17, 15) is 19.2 Å². The van der Waals surface area contributed by atoms with E-state index in [2.05, 4.69) is 20.9 Å². The standard InChI is InChI=1S/C33H42N8O4/c34-25(19-22-11-4-1-5-12-22)30(43)41-28(21-24-15-8-3-9-16-24)32(45)39-26(17-10-18-38-33(36)37)31(44)40-27(29(35)42)20-23-13-6-2-7-14-23/h1-9,11-16,25-28H,10,17-21,34H2,(H2,35,42)(H,39,45)(H,40,44)(H,41,43)(H4,36,37,38). The summed E-state index contributed by atoms with van der Waals surface area (Å²) in [5, 5.41) is 8.20. The van der Waals surface area contributed by atoms with Gasteiger partial charge >= 0.3 is 0 Å². The number of amides is 4. The van der Waals surface area contributed by atoms with E-state index in [-0.39, 0.29) is 38.2 Å². The van der Waals surface area contributed by atoms with Gasteiger partial charge in [-0.15, -0.1) is 0 Å². The van der Waals surface area contributed by atoms with Crippen LogP contribution in [0.15, 0.2) is 96.0 Å². The Hall–Kier alpha value is -5.23. The molecular weight excluding hydrogens is 572 g/mol. The molecule has 0 aliphatic heterocycles. The van der Waals surface area contributed by atoms with E-state index < -0.39 is 47.8 Å². The summed E-state index contributed by atoms with van der Waals surface area (Å²) in [4.78, 5) is 56.6. The lowest BCUT2D eigenvalue weighted by Gasteiger charge is -2.25. The number of hydrogen-bond acceptors (Lipinski definition) is 6. The highest BCUT2D eigenvalue weighted by atomic mass is 16.2. The maximum Gasteiger partial charge on any atom is 0.243 e. The predicted octanol–water partition coefficient (Wildman–Crippen LogP) is 0.0351. The molecule has 0 aliphatic carbocycles. The van der Waals surface area contributed by atoms with Crippen LogP contribution in [0.1, 0.15) is 29.5 Å². The predicted molar refractivity (Wildman–Crippen MR) is 173 cm³/mol. The molecule has 4 atom stereocenters. The van der Waals surface area contributed by atoms with Crippen LogP contribution in [0.4, 0.5) is 0 Å². The van der Waals surface area contributed by atoms with Crippen LogP contribution in [-0.4, -0.2) is 60.3 Å². The summed E-state index contributed by atoms with van der Waals surface area (Å²) in [5.41, 5.74) is 25.2. The average Bonchev–Trinajstić information content (AvgIpc) is 3.03. The summed E-state index contributed by atoms with van der Waals surface area (Å²) in [6, 6.07) is 23.5. The van der Waals surface area contributed by atoms with Gasteiger partial charge in [-0.05, 0) is 36.0 Å². The first-order valence-corrected chi connectivity index (χ1v) is 14.8. The SMILES string of the molecule is NC(=O)C(Cc1ccccc1)NC(=O)C(CCCN=C(N)N)NC(=O)C(Cc1ccccc1)NC(=O)C(N)Cc1ccccc1. The lowest BCUT2D eigenvalue weighted by Crippen LogP contribution is -2.58. The number of aliphatic imine (C=N–C) groups is 1. The van der Waals surface area contributed by atoms with Gasteiger partial charge < -0.3 is 38.9 Å². The van der Waals surface area contributed by atoms with Crippen molar-refractivity contribution in [3.8, 4) is 0 Å². The van der Waals surface area contributed by atoms with Crippen LogP contribution in [0.2, 0.25) is 0 Å². The van der Waals surface area contributed by atoms with Crippen molar-refractivity contribution in [2.75, 3.05) is 6.54 Å². The van der Waals surface area contributed by atoms with E-state index in [1.54, 1.807) is 0 Å². The maximum atomic E-state index is 13.7. The molecule has 12 nitrogen and oxygen atoms in total. The third-order valence-corrected chi connectivity index (χ3v) is 7.07. The highest BCUT2D eigenvalue weighted by Gasteiger charge is 2.30. The van der Waals surface area contributed by atoms with E-state index in [0.717, 1.165) is 16.7 Å². The fraction of sp³-hybridized carbons (Fsp3) is 0.303. The van der Waals surface area contributed by atoms with Crippen molar-refractivity contribution in [2.24, 2.45) is 27.9 Å². The quantitative estimate of drug-likeness (QED) is 0.0627. The van der Waals surface area contributed by atoms with Gasteiger partial charge in [0.2, 0.25) is 23.6 Å². The molecule has 0 fully saturated rings. The van der Waals surface area contributed by atoms with Gasteiger partial charge in [0.15, 0.2) is 5.96 Å². The van der Waals surface area contributed by atoms with Crippen molar-refractivity contribution in [3.05, 3.63) is 108 Å². The molecule has 0 aromatic heterocycles. The minimum absolute atomic E-state index is 0.103. The first-order valence-electron chi connectivity index (χ1n) is 14.8. The van der Waals surface area contributed by atoms with Crippen LogP contribution < -0.4 is 38.9 Å². The number of carbonyl (C=O) groups is 4. The van der Waals surface area contributed by atoms with E-state index in [1.165, 1.54) is 0 Å². The Labute approximate surface area is 263 Å². The van der Waals surface area contributed by atoms with Gasteiger partial charge in [0.05, 0.1) is 6.04 Å². The highest BCUT2D eigenvalue weighted by molar-refractivity contribution is 5.94. The summed E-state index contributed by atoms with van der Waals surface area (Å²) in [5.74, 6) is -2.55. The van der Waals surface area contributed by atoms with Crippen molar-refractivity contribution in [3.63, 3.8) is 0 Å². The van der Waals surface area contributed by atoms with Crippen LogP contribution in [0.25, 0.3) is 0 Å². The molecule has 0 heterocycles. The zero-order chi connectivity index (χ0) is 32.6. The molecule has 4 unspecified atom stereocenters. The molecule has 3 aromatic carbocycles. The zero-order valence-corrected chi connectivity index (χ0v) is 25.1. The minimum Gasteiger partial charge on any atom is -0.370 e. The van der Waals surface area contributed by atoms with E-state index >= 15 is 0 Å². The molecule has 3 aromatic rings. The average molecular weight is 615 g/mol. The summed E-state index contributed by atoms with van der Waals surface area (Å²) in [6.07, 6.45) is 1.08. The van der Waals surface area contributed by atoms with Crippen molar-refractivity contribution in [2.45, 2.75) is 56.3 Å². The monoisotopic (exact) mass is 614 g/mol. The molecule has 45 heavy (non-hydrogen) atoms. The molecule has 0 radical (unpaired) electrons. The Morgan fingerprint density at radius 2 is 1.00 bits per heavy atom. The van der Waals surface area contributed by atoms with Crippen LogP contribution in [0.3, 0.4) is 0 Å². The molecule has 3 rings (SSSR count). The molecule has 4 amide bonds. The van der Waals surface area contributed by atoms with Crippen LogP contribution >= 0.6 is 0 Å². The smallest absolute Gasteiger partial charge is 0.243 e. The van der Waals surface area contributed by atoms with Crippen LogP contribution in [0.5, 0.6) is 0 Å². The second-order valence-corrected chi connectivity index (χ2v) is 10.7. The fourth-order valence-electron chi connectivity index (χ4n) is 4.69. The number of nitrogens with two attached hydrogens (primary N) is 4. The van der Waals surface area contributed by atoms with Gasteiger partial charge in [-0.25, -0.2) is 0 Å². The number of primary amides is 1. The number of carbonyl (C=O) groups excluding carboxylic acids is 4. The number of rotatable bonds is 17. The summed E-state index contributed by atoms with van der Waals surface area (Å²) < 4.78 is 0. The number of benzene rings is 3. The van der Waals surface area contributed by atoms with Crippen molar-refractivity contribution < 1.29 is 19.2 Å². The van der Waals surface area contributed by atoms with Gasteiger partial charge in [-0.2, -0.15) is 0 Å². The lowest BCUT2D eigenvalue weighted by atomic mass is 10.0. The first-order chi connectivity index (χ1) is 21.6. The van der Waals surface area contributed by atoms with E-state index in [4.69, 9.17) is 22.9 Å². The third-order valence-electron chi connectivity index (χ3n) is 7.07. The molecule has 238 valence electrons. The third kappa shape index (κ3) is 12.1. The molecule has 0 spiro atoms. The molecule has 0 saturated carbocycles. The number of nitrogens with one attached hydrogen (secondary N) is 3. The highest BCUT2D eigenvalue weighted by Crippen LogP contribution is 2.09. The fourth-order valence-corrected chi connectivity index (χ4v) is 4.69. The van der Waals surface area contributed by atoms with Crippen LogP contribution in [-0.2, 0) is 38.4 Å². The van der Waals surface area contributed by atoms with Gasteiger partial charge in [0, 0.05) is 19.4 Å². The summed E-state index contributed by atoms with van der Waals surface area (Å²) >= 11 is 0. The van der Waals surface area contributed by atoms with Gasteiger partial charge in [0.25, 0.3) is 0 Å². The Bertz CT molecular complexity index is 1420. The van der Waals surface area contributed by atoms with Crippen LogP contribution in [0, 0.1) is 0 Å². The minimum atomic E-state index is -1.09. The molecular formula is C33H42N8O4. The normalized spacial score (nSPS) is 13.4. The second-order valence-electron chi connectivity index (χ2n) is 10.7. The Balaban J connectivity index is 1.78. The molecule has 0 bridgehead atoms. The molecule has 11 N–H and O–H groups in total. The summed E-state index contributed by atoms with van der Waals surface area (Å²) in [7, 11) is 0. The van der Waals surface area contributed by atoms with Gasteiger partial charge in [-0.1, -0.05) is 91.0 Å². The molecule has 0 aliphatic rings. The van der Waals surface area contributed by atoms with Gasteiger partial charge in [0.1, 0.15) is 18.1 Å². The van der Waals surface area contributed by atoms with E-state index in [0.29, 0.717) is 6.42 Å². The van der Waals surface area contributed by atoms with Crippen molar-refractivity contribution in [1.29, 1.82) is 0 Å². The lowest BCUT2D eigenvalue weighted by molar-refractivity contribution is -0.133. The number of hydrogen-bond donors (Lipinski definition) is 7. The maximum absolute atomic E-state index is 13.7. The Morgan fingerprint density at radius 3 is 1.49 bits per heavy atom. The van der Waals surface area contributed by atoms with Gasteiger partial charge in [-0.3, -0.25) is 24.2 Å². The summed E-state index contributed by atoms with van der Waals surface area (Å²) in [6.45, 7) is 0.212. The molecule has 0 saturated heterocycles. The zero-order valence-electron chi connectivity index (χ0n) is 25.1. The molecule has 12 heteroatoms. The Morgan fingerprint density at radius 1 is 0.578 bits per heavy atom. The largest absolute Gasteiger partial charge is 0.370 e.